The molecule has 1 aliphatic heterocycles. The highest BCUT2D eigenvalue weighted by atomic mass is 16.7. The fourth-order valence-corrected chi connectivity index (χ4v) is 5.72. The number of nitrogens with zero attached hydrogens (tertiary/aromatic N) is 1. The molecule has 0 spiro atoms. The van der Waals surface area contributed by atoms with Crippen LogP contribution in [-0.2, 0) is 24.0 Å². The Morgan fingerprint density at radius 2 is 1.56 bits per heavy atom. The third kappa shape index (κ3) is 10.2. The summed E-state index contributed by atoms with van der Waals surface area (Å²) < 4.78 is 17.5. The molecule has 2 N–H and O–H groups in total. The molecule has 4 aromatic rings. The van der Waals surface area contributed by atoms with Crippen molar-refractivity contribution in [1.82, 2.24) is 15.7 Å². The molecular weight excluding hydrogens is 662 g/mol. The summed E-state index contributed by atoms with van der Waals surface area (Å²) >= 11 is 0. The fourth-order valence-electron chi connectivity index (χ4n) is 5.72. The van der Waals surface area contributed by atoms with Crippen molar-refractivity contribution in [2.24, 2.45) is 5.92 Å². The minimum absolute atomic E-state index is 0.0111. The third-order valence-corrected chi connectivity index (χ3v) is 8.27. The molecule has 0 bridgehead atoms. The maximum Gasteiger partial charge on any atom is 0.308 e. The molecule has 3 atom stereocenters. The summed E-state index contributed by atoms with van der Waals surface area (Å²) in [4.78, 5) is 60.8. The molecule has 1 heterocycles. The molecule has 0 saturated carbocycles. The lowest BCUT2D eigenvalue weighted by Gasteiger charge is -2.32. The lowest BCUT2D eigenvalue weighted by atomic mass is 9.95. The smallest absolute Gasteiger partial charge is 0.308 e. The second kappa shape index (κ2) is 17.0. The summed E-state index contributed by atoms with van der Waals surface area (Å²) in [6.07, 6.45) is 1.45. The number of hydrogen-bond acceptors (Lipinski definition) is 9. The van der Waals surface area contributed by atoms with Gasteiger partial charge < -0.3 is 19.5 Å². The predicted molar refractivity (Wildman–Crippen MR) is 196 cm³/mol. The number of Topliss-reactive ketones (excluding diaryl/α,β-unsaturated/α-hetero) is 1. The van der Waals surface area contributed by atoms with Gasteiger partial charge in [0.2, 0.25) is 0 Å². The first-order valence-corrected chi connectivity index (χ1v) is 17.2. The zero-order valence-corrected chi connectivity index (χ0v) is 30.0. The van der Waals surface area contributed by atoms with Crippen molar-refractivity contribution in [1.29, 1.82) is 0 Å². The Kier molecular flexibility index (Phi) is 12.3. The van der Waals surface area contributed by atoms with Gasteiger partial charge in [-0.2, -0.15) is 0 Å². The van der Waals surface area contributed by atoms with Crippen LogP contribution in [0.25, 0.3) is 10.8 Å². The number of ketones is 1. The van der Waals surface area contributed by atoms with Crippen molar-refractivity contribution >= 4 is 34.3 Å². The summed E-state index contributed by atoms with van der Waals surface area (Å²) in [6.45, 7) is 8.35. The van der Waals surface area contributed by atoms with Gasteiger partial charge in [0.25, 0.3) is 11.8 Å². The van der Waals surface area contributed by atoms with Gasteiger partial charge in [-0.15, -0.1) is 0 Å². The number of hydrogen-bond donors (Lipinski definition) is 2. The number of fused-ring (bicyclic) bond motifs is 1. The Balaban J connectivity index is 1.37. The van der Waals surface area contributed by atoms with Crippen molar-refractivity contribution in [3.63, 3.8) is 0 Å². The van der Waals surface area contributed by atoms with E-state index in [1.165, 1.54) is 12.3 Å². The molecule has 0 aromatic heterocycles. The van der Waals surface area contributed by atoms with Gasteiger partial charge in [0.05, 0.1) is 12.5 Å². The highest BCUT2D eigenvalue weighted by Gasteiger charge is 2.38. The summed E-state index contributed by atoms with van der Waals surface area (Å²) in [6, 6.07) is 27.7. The molecule has 272 valence electrons. The van der Waals surface area contributed by atoms with Crippen molar-refractivity contribution < 1.29 is 38.2 Å². The molecule has 1 aliphatic rings. The number of carbonyl (C=O) groups excluding carboxylic acids is 4. The molecule has 0 fully saturated rings. The maximum atomic E-state index is 13.9. The topological polar surface area (TPSA) is 132 Å². The Labute approximate surface area is 303 Å². The van der Waals surface area contributed by atoms with Crippen LogP contribution >= 0.6 is 0 Å². The van der Waals surface area contributed by atoms with Crippen LogP contribution in [-0.4, -0.2) is 59.6 Å². The van der Waals surface area contributed by atoms with Crippen LogP contribution in [0.2, 0.25) is 0 Å². The SMILES string of the molecule is CC(C)[C@H](NC(=O)c1ccc2ccccc2c1)c1cccc(OCN(C(=O)C2C=CNO2)[C@@H](CC(=O)OC(C)(C)C)C(=O)COc2ccccc2)c1. The van der Waals surface area contributed by atoms with Gasteiger partial charge in [-0.1, -0.05) is 74.5 Å². The highest BCUT2D eigenvalue weighted by molar-refractivity contribution is 5.99. The molecule has 11 nitrogen and oxygen atoms in total. The van der Waals surface area contributed by atoms with E-state index in [1.807, 2.05) is 62.4 Å². The molecule has 1 unspecified atom stereocenters. The number of hydroxylamine groups is 1. The number of ether oxygens (including phenoxy) is 3. The summed E-state index contributed by atoms with van der Waals surface area (Å²) in [5.41, 5.74) is 3.03. The second-order valence-corrected chi connectivity index (χ2v) is 13.8. The van der Waals surface area contributed by atoms with Crippen LogP contribution in [0.5, 0.6) is 11.5 Å². The average Bonchev–Trinajstić information content (AvgIpc) is 3.67. The molecule has 52 heavy (non-hydrogen) atoms. The van der Waals surface area contributed by atoms with E-state index >= 15 is 0 Å². The fraction of sp³-hybridized carbons (Fsp3) is 0.317. The van der Waals surface area contributed by atoms with E-state index in [0.717, 1.165) is 21.2 Å². The van der Waals surface area contributed by atoms with E-state index in [1.54, 1.807) is 69.3 Å². The molecule has 11 heteroatoms. The van der Waals surface area contributed by atoms with Crippen LogP contribution in [0.1, 0.15) is 63.0 Å². The van der Waals surface area contributed by atoms with Crippen molar-refractivity contribution in [3.05, 3.63) is 120 Å². The number of rotatable bonds is 15. The van der Waals surface area contributed by atoms with Gasteiger partial charge in [-0.3, -0.25) is 34.4 Å². The standard InChI is InChI=1S/C41H45N3O8/c1-27(2)38(43-39(47)31-19-18-28-12-9-10-13-29(28)22-31)30-14-11-17-33(23-30)50-26-44(40(48)36-20-21-42-52-36)34(24-37(46)51-41(3,4)5)35(45)25-49-32-15-7-6-8-16-32/h6-23,27,34,36,38,42H,24-26H2,1-5H3,(H,43,47)/t34-,36?,38-/m0/s1. The average molecular weight is 708 g/mol. The Morgan fingerprint density at radius 1 is 0.846 bits per heavy atom. The van der Waals surface area contributed by atoms with Gasteiger partial charge in [-0.25, -0.2) is 0 Å². The van der Waals surface area contributed by atoms with Crippen LogP contribution in [0.15, 0.2) is 109 Å². The Bertz CT molecular complexity index is 1900. The molecular formula is C41H45N3O8. The maximum absolute atomic E-state index is 13.9. The van der Waals surface area contributed by atoms with E-state index in [4.69, 9.17) is 19.0 Å². The van der Waals surface area contributed by atoms with Gasteiger partial charge >= 0.3 is 5.97 Å². The van der Waals surface area contributed by atoms with Crippen LogP contribution in [0.4, 0.5) is 0 Å². The van der Waals surface area contributed by atoms with E-state index in [0.29, 0.717) is 17.1 Å². The largest absolute Gasteiger partial charge is 0.486 e. The van der Waals surface area contributed by atoms with Gasteiger partial charge in [0, 0.05) is 11.8 Å². The first kappa shape index (κ1) is 37.6. The lowest BCUT2D eigenvalue weighted by molar-refractivity contribution is -0.162. The van der Waals surface area contributed by atoms with Gasteiger partial charge in [0.15, 0.2) is 18.6 Å². The minimum atomic E-state index is -1.31. The molecule has 0 radical (unpaired) electrons. The molecule has 5 rings (SSSR count). The quantitative estimate of drug-likeness (QED) is 0.108. The highest BCUT2D eigenvalue weighted by Crippen LogP contribution is 2.27. The van der Waals surface area contributed by atoms with Crippen LogP contribution in [0, 0.1) is 5.92 Å². The van der Waals surface area contributed by atoms with Crippen LogP contribution in [0.3, 0.4) is 0 Å². The zero-order chi connectivity index (χ0) is 37.3. The van der Waals surface area contributed by atoms with E-state index in [-0.39, 0.29) is 17.9 Å². The Morgan fingerprint density at radius 3 is 2.25 bits per heavy atom. The lowest BCUT2D eigenvalue weighted by Crippen LogP contribution is -2.53. The number of carbonyl (C=O) groups is 4. The predicted octanol–water partition coefficient (Wildman–Crippen LogP) is 6.30. The number of nitrogens with one attached hydrogen (secondary N) is 2. The van der Waals surface area contributed by atoms with E-state index < -0.39 is 55.2 Å². The molecule has 0 aliphatic carbocycles. The first-order valence-electron chi connectivity index (χ1n) is 17.2. The number of para-hydroxylation sites is 1. The van der Waals surface area contributed by atoms with Crippen molar-refractivity contribution in [2.45, 2.75) is 64.8 Å². The van der Waals surface area contributed by atoms with Crippen LogP contribution < -0.4 is 20.3 Å². The first-order chi connectivity index (χ1) is 24.9. The number of amides is 2. The monoisotopic (exact) mass is 707 g/mol. The van der Waals surface area contributed by atoms with Crippen molar-refractivity contribution in [2.75, 3.05) is 13.3 Å². The number of esters is 1. The molecule has 0 saturated heterocycles. The van der Waals surface area contributed by atoms with Gasteiger partial charge in [0.1, 0.15) is 29.7 Å². The Hall–Kier alpha value is -5.68. The summed E-state index contributed by atoms with van der Waals surface area (Å²) in [5, 5.41) is 5.17. The van der Waals surface area contributed by atoms with E-state index in [9.17, 15) is 19.2 Å². The number of benzene rings is 4. The zero-order valence-electron chi connectivity index (χ0n) is 30.0. The minimum Gasteiger partial charge on any atom is -0.486 e. The van der Waals surface area contributed by atoms with E-state index in [2.05, 4.69) is 10.8 Å². The molecule has 2 amide bonds. The van der Waals surface area contributed by atoms with Crippen molar-refractivity contribution in [3.8, 4) is 11.5 Å². The molecule has 4 aromatic carbocycles. The third-order valence-electron chi connectivity index (χ3n) is 8.27. The summed E-state index contributed by atoms with van der Waals surface area (Å²) in [5.74, 6) is -1.19. The normalized spacial score (nSPS) is 15.0. The van der Waals surface area contributed by atoms with Gasteiger partial charge in [-0.05, 0) is 85.5 Å². The summed E-state index contributed by atoms with van der Waals surface area (Å²) in [7, 11) is 0. The second-order valence-electron chi connectivity index (χ2n) is 13.8.